The standard InChI is InChI=1S/C13H22N2O5/c1-3-8-4-5-9(7(8)2)14-13(20)15-10(12(18)19)6-11(16)17/h7-10H,3-6H2,1-2H3,(H,16,17)(H,18,19)(H2,14,15,20). The van der Waals surface area contributed by atoms with Crippen LogP contribution in [0.1, 0.15) is 39.5 Å². The van der Waals surface area contributed by atoms with Gasteiger partial charge in [-0.1, -0.05) is 20.3 Å². The Balaban J connectivity index is 2.50. The monoisotopic (exact) mass is 286 g/mol. The molecule has 0 radical (unpaired) electrons. The Kier molecular flexibility index (Phi) is 5.79. The van der Waals surface area contributed by atoms with Crippen molar-refractivity contribution < 1.29 is 24.6 Å². The van der Waals surface area contributed by atoms with Gasteiger partial charge >= 0.3 is 18.0 Å². The Morgan fingerprint density at radius 3 is 2.35 bits per heavy atom. The molecule has 0 aliphatic heterocycles. The lowest BCUT2D eigenvalue weighted by atomic mass is 9.93. The molecule has 0 bridgehead atoms. The van der Waals surface area contributed by atoms with Crippen molar-refractivity contribution in [3.05, 3.63) is 0 Å². The molecular formula is C13H22N2O5. The van der Waals surface area contributed by atoms with Crippen molar-refractivity contribution in [1.82, 2.24) is 10.6 Å². The predicted molar refractivity (Wildman–Crippen MR) is 71.3 cm³/mol. The van der Waals surface area contributed by atoms with Gasteiger partial charge in [0, 0.05) is 6.04 Å². The number of hydrogen-bond acceptors (Lipinski definition) is 3. The summed E-state index contributed by atoms with van der Waals surface area (Å²) in [6.07, 6.45) is 2.32. The number of rotatable bonds is 6. The van der Waals surface area contributed by atoms with Crippen molar-refractivity contribution in [2.24, 2.45) is 11.8 Å². The van der Waals surface area contributed by atoms with Gasteiger partial charge in [-0.05, 0) is 24.7 Å². The molecule has 0 saturated heterocycles. The second-order valence-electron chi connectivity index (χ2n) is 5.32. The summed E-state index contributed by atoms with van der Waals surface area (Å²) in [7, 11) is 0. The number of aliphatic carboxylic acids is 2. The summed E-state index contributed by atoms with van der Waals surface area (Å²) in [5, 5.41) is 22.4. The van der Waals surface area contributed by atoms with Gasteiger partial charge in [0.05, 0.1) is 6.42 Å². The largest absolute Gasteiger partial charge is 0.481 e. The highest BCUT2D eigenvalue weighted by Gasteiger charge is 2.33. The van der Waals surface area contributed by atoms with Gasteiger partial charge in [-0.15, -0.1) is 0 Å². The van der Waals surface area contributed by atoms with E-state index in [0.29, 0.717) is 11.8 Å². The predicted octanol–water partition coefficient (Wildman–Crippen LogP) is 1.04. The number of urea groups is 1. The molecule has 1 saturated carbocycles. The molecule has 1 aliphatic carbocycles. The molecule has 0 heterocycles. The van der Waals surface area contributed by atoms with Gasteiger partial charge in [0.25, 0.3) is 0 Å². The molecule has 0 aromatic rings. The fourth-order valence-electron chi connectivity index (χ4n) is 2.77. The van der Waals surface area contributed by atoms with Crippen LogP contribution in [0.15, 0.2) is 0 Å². The third-order valence-electron chi connectivity index (χ3n) is 4.05. The highest BCUT2D eigenvalue weighted by Crippen LogP contribution is 2.33. The number of carbonyl (C=O) groups excluding carboxylic acids is 1. The molecule has 2 amide bonds. The van der Waals surface area contributed by atoms with Crippen LogP contribution in [0.4, 0.5) is 4.79 Å². The molecule has 7 nitrogen and oxygen atoms in total. The van der Waals surface area contributed by atoms with E-state index in [9.17, 15) is 14.4 Å². The van der Waals surface area contributed by atoms with Crippen LogP contribution in [-0.2, 0) is 9.59 Å². The maximum absolute atomic E-state index is 11.8. The van der Waals surface area contributed by atoms with E-state index in [2.05, 4.69) is 24.5 Å². The third kappa shape index (κ3) is 4.40. The minimum Gasteiger partial charge on any atom is -0.481 e. The molecule has 4 atom stereocenters. The smallest absolute Gasteiger partial charge is 0.326 e. The molecule has 0 aromatic carbocycles. The molecule has 4 unspecified atom stereocenters. The van der Waals surface area contributed by atoms with Crippen molar-refractivity contribution in [3.63, 3.8) is 0 Å². The summed E-state index contributed by atoms with van der Waals surface area (Å²) in [6.45, 7) is 4.18. The minimum atomic E-state index is -1.41. The van der Waals surface area contributed by atoms with E-state index >= 15 is 0 Å². The number of nitrogens with one attached hydrogen (secondary N) is 2. The van der Waals surface area contributed by atoms with E-state index in [1.54, 1.807) is 0 Å². The molecule has 0 aromatic heterocycles. The summed E-state index contributed by atoms with van der Waals surface area (Å²) in [4.78, 5) is 33.2. The first-order valence-electron chi connectivity index (χ1n) is 6.86. The summed E-state index contributed by atoms with van der Waals surface area (Å²) in [5.74, 6) is -1.71. The lowest BCUT2D eigenvalue weighted by Gasteiger charge is -2.22. The van der Waals surface area contributed by atoms with Crippen LogP contribution in [0.25, 0.3) is 0 Å². The van der Waals surface area contributed by atoms with Crippen LogP contribution < -0.4 is 10.6 Å². The minimum absolute atomic E-state index is 0.0132. The van der Waals surface area contributed by atoms with Gasteiger partial charge in [-0.3, -0.25) is 4.79 Å². The molecule has 20 heavy (non-hydrogen) atoms. The SMILES string of the molecule is CCC1CCC(NC(=O)NC(CC(=O)O)C(=O)O)C1C. The van der Waals surface area contributed by atoms with Gasteiger partial charge in [-0.2, -0.15) is 0 Å². The molecule has 114 valence electrons. The van der Waals surface area contributed by atoms with Crippen LogP contribution in [0.5, 0.6) is 0 Å². The second kappa shape index (κ2) is 7.12. The molecule has 4 N–H and O–H groups in total. The zero-order valence-electron chi connectivity index (χ0n) is 11.8. The van der Waals surface area contributed by atoms with Crippen LogP contribution in [0.2, 0.25) is 0 Å². The first-order chi connectivity index (χ1) is 9.35. The van der Waals surface area contributed by atoms with Crippen molar-refractivity contribution in [1.29, 1.82) is 0 Å². The molecule has 1 rings (SSSR count). The van der Waals surface area contributed by atoms with Gasteiger partial charge in [-0.25, -0.2) is 9.59 Å². The van der Waals surface area contributed by atoms with Crippen molar-refractivity contribution in [2.75, 3.05) is 0 Å². The van der Waals surface area contributed by atoms with Crippen LogP contribution in [-0.4, -0.2) is 40.3 Å². The number of amides is 2. The Morgan fingerprint density at radius 2 is 1.90 bits per heavy atom. The van der Waals surface area contributed by atoms with Crippen LogP contribution in [0.3, 0.4) is 0 Å². The van der Waals surface area contributed by atoms with E-state index in [0.717, 1.165) is 19.3 Å². The zero-order chi connectivity index (χ0) is 15.3. The lowest BCUT2D eigenvalue weighted by Crippen LogP contribution is -2.50. The molecule has 7 heteroatoms. The third-order valence-corrected chi connectivity index (χ3v) is 4.05. The van der Waals surface area contributed by atoms with Gasteiger partial charge < -0.3 is 20.8 Å². The molecule has 1 aliphatic rings. The second-order valence-corrected chi connectivity index (χ2v) is 5.32. The summed E-state index contributed by atoms with van der Waals surface area (Å²) >= 11 is 0. The van der Waals surface area contributed by atoms with Gasteiger partial charge in [0.1, 0.15) is 6.04 Å². The fraction of sp³-hybridized carbons (Fsp3) is 0.769. The van der Waals surface area contributed by atoms with Crippen LogP contribution in [0, 0.1) is 11.8 Å². The maximum atomic E-state index is 11.8. The van der Waals surface area contributed by atoms with Gasteiger partial charge in [0.2, 0.25) is 0 Å². The summed E-state index contributed by atoms with van der Waals surface area (Å²) in [5.41, 5.74) is 0. The number of carboxylic acids is 2. The first-order valence-corrected chi connectivity index (χ1v) is 6.86. The van der Waals surface area contributed by atoms with E-state index in [1.807, 2.05) is 0 Å². The topological polar surface area (TPSA) is 116 Å². The molecule has 1 fully saturated rings. The van der Waals surface area contributed by atoms with Crippen molar-refractivity contribution in [3.8, 4) is 0 Å². The quantitative estimate of drug-likeness (QED) is 0.582. The average molecular weight is 286 g/mol. The van der Waals surface area contributed by atoms with E-state index < -0.39 is 30.4 Å². The average Bonchev–Trinajstić information content (AvgIpc) is 2.69. The Hall–Kier alpha value is -1.79. The highest BCUT2D eigenvalue weighted by molar-refractivity contribution is 5.86. The van der Waals surface area contributed by atoms with Crippen LogP contribution >= 0.6 is 0 Å². The summed E-state index contributed by atoms with van der Waals surface area (Å²) in [6, 6.07) is -2.02. The fourth-order valence-corrected chi connectivity index (χ4v) is 2.77. The zero-order valence-corrected chi connectivity index (χ0v) is 11.8. The Labute approximate surface area is 117 Å². The lowest BCUT2D eigenvalue weighted by molar-refractivity contribution is -0.145. The van der Waals surface area contributed by atoms with Gasteiger partial charge in [0.15, 0.2) is 0 Å². The molecular weight excluding hydrogens is 264 g/mol. The molecule has 0 spiro atoms. The maximum Gasteiger partial charge on any atom is 0.326 e. The van der Waals surface area contributed by atoms with Crippen molar-refractivity contribution >= 4 is 18.0 Å². The first kappa shape index (κ1) is 16.3. The van der Waals surface area contributed by atoms with Crippen molar-refractivity contribution in [2.45, 2.75) is 51.6 Å². The summed E-state index contributed by atoms with van der Waals surface area (Å²) < 4.78 is 0. The Bertz CT molecular complexity index is 385. The number of hydrogen-bond donors (Lipinski definition) is 4. The highest BCUT2D eigenvalue weighted by atomic mass is 16.4. The normalized spacial score (nSPS) is 26.8. The van der Waals surface area contributed by atoms with E-state index in [-0.39, 0.29) is 6.04 Å². The number of carbonyl (C=O) groups is 3. The number of carboxylic acid groups (broad SMARTS) is 2. The van der Waals surface area contributed by atoms with E-state index in [1.165, 1.54) is 0 Å². The van der Waals surface area contributed by atoms with E-state index in [4.69, 9.17) is 10.2 Å². The Morgan fingerprint density at radius 1 is 1.25 bits per heavy atom.